The molecule has 31 heavy (non-hydrogen) atoms. The minimum absolute atomic E-state index is 0.0399. The van der Waals surface area contributed by atoms with E-state index >= 15 is 0 Å². The molecule has 2 aliphatic rings. The van der Waals surface area contributed by atoms with Gasteiger partial charge in [0.2, 0.25) is 5.91 Å². The average molecular weight is 422 g/mol. The molecule has 1 N–H and O–H groups in total. The highest BCUT2D eigenvalue weighted by molar-refractivity contribution is 5.94. The van der Waals surface area contributed by atoms with E-state index in [9.17, 15) is 9.59 Å². The Hall–Kier alpha value is -2.89. The first-order chi connectivity index (χ1) is 15.0. The number of para-hydroxylation sites is 1. The molecule has 1 spiro atoms. The number of nitrogens with one attached hydrogen (secondary N) is 1. The van der Waals surface area contributed by atoms with E-state index in [1.54, 1.807) is 24.5 Å². The highest BCUT2D eigenvalue weighted by Gasteiger charge is 2.44. The summed E-state index contributed by atoms with van der Waals surface area (Å²) in [6.07, 6.45) is 6.10. The van der Waals surface area contributed by atoms with Crippen LogP contribution in [0.1, 0.15) is 61.4 Å². The molecule has 1 fully saturated rings. The minimum atomic E-state index is -0.327. The Labute approximate surface area is 184 Å². The summed E-state index contributed by atoms with van der Waals surface area (Å²) in [5.74, 6) is 1.57. The van der Waals surface area contributed by atoms with E-state index in [0.717, 1.165) is 30.6 Å². The Morgan fingerprint density at radius 3 is 2.58 bits per heavy atom. The van der Waals surface area contributed by atoms with Gasteiger partial charge in [0, 0.05) is 62.8 Å². The Bertz CT molecular complexity index is 921. The van der Waals surface area contributed by atoms with Crippen molar-refractivity contribution < 1.29 is 14.3 Å². The molecule has 2 amide bonds. The van der Waals surface area contributed by atoms with E-state index in [2.05, 4.69) is 30.2 Å². The zero-order valence-electron chi connectivity index (χ0n) is 18.3. The molecule has 2 aromatic rings. The van der Waals surface area contributed by atoms with Crippen molar-refractivity contribution in [3.8, 4) is 5.75 Å². The number of nitrogens with zero attached hydrogens (tertiary/aromatic N) is 2. The zero-order chi connectivity index (χ0) is 21.8. The van der Waals surface area contributed by atoms with E-state index in [-0.39, 0.29) is 23.3 Å². The summed E-state index contributed by atoms with van der Waals surface area (Å²) in [4.78, 5) is 31.3. The Morgan fingerprint density at radius 2 is 1.87 bits per heavy atom. The molecule has 1 atom stereocenters. The molecule has 0 unspecified atom stereocenters. The number of hydrogen-bond donors (Lipinski definition) is 1. The van der Waals surface area contributed by atoms with Crippen molar-refractivity contribution in [1.29, 1.82) is 0 Å². The molecule has 0 radical (unpaired) electrons. The second kappa shape index (κ2) is 9.08. The molecule has 0 bridgehead atoms. The zero-order valence-corrected chi connectivity index (χ0v) is 18.3. The molecule has 1 aromatic carbocycles. The van der Waals surface area contributed by atoms with Gasteiger partial charge in [0.25, 0.3) is 5.91 Å². The van der Waals surface area contributed by atoms with E-state index in [1.165, 1.54) is 0 Å². The molecule has 0 saturated carbocycles. The fourth-order valence-electron chi connectivity index (χ4n) is 4.64. The van der Waals surface area contributed by atoms with Crippen molar-refractivity contribution in [2.24, 2.45) is 5.92 Å². The Kier molecular flexibility index (Phi) is 6.25. The van der Waals surface area contributed by atoms with Crippen LogP contribution in [0.5, 0.6) is 5.75 Å². The van der Waals surface area contributed by atoms with Gasteiger partial charge in [-0.05, 0) is 36.1 Å². The number of pyridine rings is 1. The molecule has 164 valence electrons. The maximum atomic E-state index is 12.8. The fourth-order valence-corrected chi connectivity index (χ4v) is 4.64. The summed E-state index contributed by atoms with van der Waals surface area (Å²) < 4.78 is 6.52. The first-order valence-corrected chi connectivity index (χ1v) is 11.2. The normalized spacial score (nSPS) is 19.6. The third-order valence-electron chi connectivity index (χ3n) is 6.33. The van der Waals surface area contributed by atoms with Crippen molar-refractivity contribution >= 4 is 11.8 Å². The van der Waals surface area contributed by atoms with Gasteiger partial charge in [-0.15, -0.1) is 0 Å². The minimum Gasteiger partial charge on any atom is -0.487 e. The number of carbonyl (C=O) groups excluding carboxylic acids is 2. The number of aromatic nitrogens is 1. The predicted molar refractivity (Wildman–Crippen MR) is 119 cm³/mol. The number of rotatable bonds is 5. The molecular formula is C25H31N3O3. The smallest absolute Gasteiger partial charge is 0.253 e. The Balaban J connectivity index is 1.46. The second-order valence-electron chi connectivity index (χ2n) is 9.15. The van der Waals surface area contributed by atoms with Crippen LogP contribution in [0, 0.1) is 5.92 Å². The lowest BCUT2D eigenvalue weighted by Crippen LogP contribution is -2.52. The average Bonchev–Trinajstić information content (AvgIpc) is 2.78. The van der Waals surface area contributed by atoms with Gasteiger partial charge in [-0.1, -0.05) is 32.0 Å². The van der Waals surface area contributed by atoms with Gasteiger partial charge in [-0.25, -0.2) is 0 Å². The SMILES string of the molecule is CC(C)CNC(=O)C[C@H]1CC2(CCN(C(=O)c3ccncc3)CC2)Oc2ccccc21. The largest absolute Gasteiger partial charge is 0.487 e. The molecule has 6 nitrogen and oxygen atoms in total. The number of benzene rings is 1. The molecule has 6 heteroatoms. The van der Waals surface area contributed by atoms with Gasteiger partial charge in [-0.2, -0.15) is 0 Å². The van der Waals surface area contributed by atoms with E-state index in [1.807, 2.05) is 23.1 Å². The van der Waals surface area contributed by atoms with Crippen LogP contribution >= 0.6 is 0 Å². The van der Waals surface area contributed by atoms with Crippen LogP contribution < -0.4 is 10.1 Å². The number of piperidine rings is 1. The van der Waals surface area contributed by atoms with Crippen LogP contribution in [0.25, 0.3) is 0 Å². The maximum Gasteiger partial charge on any atom is 0.253 e. The number of amides is 2. The lowest BCUT2D eigenvalue weighted by atomic mass is 9.76. The van der Waals surface area contributed by atoms with Crippen LogP contribution in [-0.2, 0) is 4.79 Å². The molecule has 0 aliphatic carbocycles. The third kappa shape index (κ3) is 4.89. The van der Waals surface area contributed by atoms with Gasteiger partial charge < -0.3 is 15.0 Å². The van der Waals surface area contributed by atoms with E-state index in [4.69, 9.17) is 4.74 Å². The standard InChI is InChI=1S/C25H31N3O3/c1-18(2)17-27-23(29)15-20-16-25(31-22-6-4-3-5-21(20)22)9-13-28(14-10-25)24(30)19-7-11-26-12-8-19/h3-8,11-12,18,20H,9-10,13-17H2,1-2H3,(H,27,29)/t20-/m0/s1. The van der Waals surface area contributed by atoms with Crippen LogP contribution in [0.4, 0.5) is 0 Å². The van der Waals surface area contributed by atoms with Crippen molar-refractivity contribution in [1.82, 2.24) is 15.2 Å². The van der Waals surface area contributed by atoms with Gasteiger partial charge >= 0.3 is 0 Å². The van der Waals surface area contributed by atoms with Crippen molar-refractivity contribution in [3.63, 3.8) is 0 Å². The third-order valence-corrected chi connectivity index (χ3v) is 6.33. The first kappa shape index (κ1) is 21.3. The summed E-state index contributed by atoms with van der Waals surface area (Å²) in [6, 6.07) is 11.6. The lowest BCUT2D eigenvalue weighted by Gasteiger charge is -2.47. The van der Waals surface area contributed by atoms with Gasteiger partial charge in [0.1, 0.15) is 11.4 Å². The lowest BCUT2D eigenvalue weighted by molar-refractivity contribution is -0.122. The fraction of sp³-hybridized carbons (Fsp3) is 0.480. The van der Waals surface area contributed by atoms with Crippen LogP contribution in [0.3, 0.4) is 0 Å². The molecule has 2 aliphatic heterocycles. The maximum absolute atomic E-state index is 12.8. The molecular weight excluding hydrogens is 390 g/mol. The van der Waals surface area contributed by atoms with Gasteiger partial charge in [0.15, 0.2) is 0 Å². The summed E-state index contributed by atoms with van der Waals surface area (Å²) in [5, 5.41) is 3.05. The van der Waals surface area contributed by atoms with Crippen molar-refractivity contribution in [2.45, 2.75) is 51.0 Å². The summed E-state index contributed by atoms with van der Waals surface area (Å²) in [5.41, 5.74) is 1.45. The number of fused-ring (bicyclic) bond motifs is 1. The second-order valence-corrected chi connectivity index (χ2v) is 9.15. The quantitative estimate of drug-likeness (QED) is 0.797. The van der Waals surface area contributed by atoms with Gasteiger partial charge in [0.05, 0.1) is 0 Å². The number of carbonyl (C=O) groups is 2. The van der Waals surface area contributed by atoms with E-state index in [0.29, 0.717) is 37.5 Å². The molecule has 4 rings (SSSR count). The molecule has 3 heterocycles. The Morgan fingerprint density at radius 1 is 1.16 bits per heavy atom. The summed E-state index contributed by atoms with van der Waals surface area (Å²) in [7, 11) is 0. The topological polar surface area (TPSA) is 71.5 Å². The monoisotopic (exact) mass is 421 g/mol. The van der Waals surface area contributed by atoms with Gasteiger partial charge in [-0.3, -0.25) is 14.6 Å². The molecule has 1 saturated heterocycles. The summed E-state index contributed by atoms with van der Waals surface area (Å²) >= 11 is 0. The van der Waals surface area contributed by atoms with E-state index < -0.39 is 0 Å². The van der Waals surface area contributed by atoms with Crippen LogP contribution in [-0.4, -0.2) is 46.9 Å². The number of ether oxygens (including phenoxy) is 1. The first-order valence-electron chi connectivity index (χ1n) is 11.2. The van der Waals surface area contributed by atoms with Crippen LogP contribution in [0.15, 0.2) is 48.8 Å². The summed E-state index contributed by atoms with van der Waals surface area (Å²) in [6.45, 7) is 6.19. The molecule has 1 aromatic heterocycles. The number of likely N-dealkylation sites (tertiary alicyclic amines) is 1. The van der Waals surface area contributed by atoms with Crippen molar-refractivity contribution in [3.05, 3.63) is 59.9 Å². The highest BCUT2D eigenvalue weighted by Crippen LogP contribution is 2.46. The van der Waals surface area contributed by atoms with Crippen LogP contribution in [0.2, 0.25) is 0 Å². The predicted octanol–water partition coefficient (Wildman–Crippen LogP) is 3.79. The highest BCUT2D eigenvalue weighted by atomic mass is 16.5. The van der Waals surface area contributed by atoms with Crippen molar-refractivity contribution in [2.75, 3.05) is 19.6 Å². The number of hydrogen-bond acceptors (Lipinski definition) is 4.